The molecule has 26 heavy (non-hydrogen) atoms. The van der Waals surface area contributed by atoms with E-state index in [1.165, 1.54) is 6.07 Å². The Labute approximate surface area is 162 Å². The van der Waals surface area contributed by atoms with Gasteiger partial charge in [-0.25, -0.2) is 4.79 Å². The van der Waals surface area contributed by atoms with Gasteiger partial charge >= 0.3 is 5.69 Å². The normalized spacial score (nSPS) is 15.4. The summed E-state index contributed by atoms with van der Waals surface area (Å²) >= 11 is 12.4. The first-order chi connectivity index (χ1) is 12.5. The second kappa shape index (κ2) is 8.75. The van der Waals surface area contributed by atoms with Gasteiger partial charge in [-0.1, -0.05) is 29.3 Å². The van der Waals surface area contributed by atoms with Crippen LogP contribution in [-0.4, -0.2) is 47.2 Å². The number of hydrogen-bond donors (Lipinski definition) is 1. The minimum absolute atomic E-state index is 0.343. The molecule has 1 N–H and O–H groups in total. The Morgan fingerprint density at radius 2 is 1.69 bits per heavy atom. The van der Waals surface area contributed by atoms with E-state index in [1.54, 1.807) is 16.8 Å². The summed E-state index contributed by atoms with van der Waals surface area (Å²) in [4.78, 5) is 29.6. The molecule has 0 spiro atoms. The van der Waals surface area contributed by atoms with Crippen LogP contribution in [0, 0.1) is 0 Å². The van der Waals surface area contributed by atoms with Crippen molar-refractivity contribution in [3.63, 3.8) is 0 Å². The van der Waals surface area contributed by atoms with E-state index in [2.05, 4.69) is 14.8 Å². The fourth-order valence-corrected chi connectivity index (χ4v) is 3.60. The van der Waals surface area contributed by atoms with Crippen molar-refractivity contribution in [2.75, 3.05) is 37.6 Å². The number of H-pyrrole nitrogens is 1. The molecule has 2 heterocycles. The second-order valence-electron chi connectivity index (χ2n) is 6.41. The largest absolute Gasteiger partial charge is 0.368 e. The molecule has 0 saturated carbocycles. The number of hydrogen-bond acceptors (Lipinski definition) is 4. The molecule has 0 radical (unpaired) electrons. The molecular formula is C18H22Cl2N4O2. The van der Waals surface area contributed by atoms with E-state index >= 15 is 0 Å². The van der Waals surface area contributed by atoms with E-state index in [1.807, 2.05) is 12.1 Å². The molecule has 140 valence electrons. The van der Waals surface area contributed by atoms with Gasteiger partial charge in [0.25, 0.3) is 5.56 Å². The lowest BCUT2D eigenvalue weighted by atomic mass is 10.2. The predicted molar refractivity (Wildman–Crippen MR) is 106 cm³/mol. The number of rotatable bonds is 6. The van der Waals surface area contributed by atoms with E-state index in [9.17, 15) is 9.59 Å². The summed E-state index contributed by atoms with van der Waals surface area (Å²) in [6.45, 7) is 5.39. The number of aromatic nitrogens is 2. The third-order valence-electron chi connectivity index (χ3n) is 4.66. The maximum Gasteiger partial charge on any atom is 0.328 e. The maximum absolute atomic E-state index is 11.6. The van der Waals surface area contributed by atoms with E-state index in [0.717, 1.165) is 51.3 Å². The van der Waals surface area contributed by atoms with Crippen molar-refractivity contribution in [3.05, 3.63) is 61.3 Å². The number of anilines is 1. The topological polar surface area (TPSA) is 61.3 Å². The first kappa shape index (κ1) is 19.0. The highest BCUT2D eigenvalue weighted by molar-refractivity contribution is 6.43. The number of unbranched alkanes of at least 4 members (excludes halogenated alkanes) is 1. The van der Waals surface area contributed by atoms with Crippen LogP contribution in [0.15, 0.2) is 40.1 Å². The van der Waals surface area contributed by atoms with Gasteiger partial charge in [0, 0.05) is 45.0 Å². The van der Waals surface area contributed by atoms with Crippen LogP contribution in [-0.2, 0) is 6.54 Å². The summed E-state index contributed by atoms with van der Waals surface area (Å²) in [6, 6.07) is 7.11. The second-order valence-corrected chi connectivity index (χ2v) is 7.20. The number of aryl methyl sites for hydroxylation is 1. The molecule has 8 heteroatoms. The zero-order valence-electron chi connectivity index (χ0n) is 14.5. The van der Waals surface area contributed by atoms with Gasteiger partial charge in [0.05, 0.1) is 15.7 Å². The number of nitrogens with one attached hydrogen (secondary N) is 1. The smallest absolute Gasteiger partial charge is 0.328 e. The first-order valence-electron chi connectivity index (χ1n) is 8.76. The first-order valence-corrected chi connectivity index (χ1v) is 9.51. The molecule has 1 aliphatic heterocycles. The van der Waals surface area contributed by atoms with Gasteiger partial charge < -0.3 is 9.47 Å². The number of halogens is 2. The van der Waals surface area contributed by atoms with Crippen LogP contribution >= 0.6 is 23.2 Å². The highest BCUT2D eigenvalue weighted by Crippen LogP contribution is 2.32. The van der Waals surface area contributed by atoms with Gasteiger partial charge in [-0.05, 0) is 31.5 Å². The Hall–Kier alpha value is -1.76. The zero-order chi connectivity index (χ0) is 18.5. The standard InChI is InChI=1S/C18H22Cl2N4O2/c19-14-4-3-5-15(17(14)20)23-12-10-22(11-13-23)7-1-2-8-24-9-6-16(25)21-18(24)26/h3-6,9H,1-2,7-8,10-13H2,(H,21,25,26). The van der Waals surface area contributed by atoms with Gasteiger partial charge in [-0.2, -0.15) is 0 Å². The summed E-state index contributed by atoms with van der Waals surface area (Å²) in [5.41, 5.74) is 0.296. The minimum Gasteiger partial charge on any atom is -0.368 e. The summed E-state index contributed by atoms with van der Waals surface area (Å²) in [7, 11) is 0. The average molecular weight is 397 g/mol. The number of piperazine rings is 1. The Bertz CT molecular complexity index is 857. The summed E-state index contributed by atoms with van der Waals surface area (Å²) in [5.74, 6) is 0. The molecule has 0 unspecified atom stereocenters. The fourth-order valence-electron chi connectivity index (χ4n) is 3.19. The fraction of sp³-hybridized carbons (Fsp3) is 0.444. The van der Waals surface area contributed by atoms with Gasteiger partial charge in [0.2, 0.25) is 0 Å². The monoisotopic (exact) mass is 396 g/mol. The lowest BCUT2D eigenvalue weighted by Crippen LogP contribution is -2.46. The van der Waals surface area contributed by atoms with Gasteiger partial charge in [0.15, 0.2) is 0 Å². The zero-order valence-corrected chi connectivity index (χ0v) is 16.0. The lowest BCUT2D eigenvalue weighted by molar-refractivity contribution is 0.251. The van der Waals surface area contributed by atoms with Crippen LogP contribution in [0.25, 0.3) is 0 Å². The van der Waals surface area contributed by atoms with Crippen molar-refractivity contribution in [1.82, 2.24) is 14.5 Å². The maximum atomic E-state index is 11.6. The predicted octanol–water partition coefficient (Wildman–Crippen LogP) is 2.45. The third kappa shape index (κ3) is 4.69. The molecule has 1 aliphatic rings. The van der Waals surface area contributed by atoms with Crippen molar-refractivity contribution in [3.8, 4) is 0 Å². The minimum atomic E-state index is -0.357. The van der Waals surface area contributed by atoms with Crippen LogP contribution in [0.1, 0.15) is 12.8 Å². The van der Waals surface area contributed by atoms with Crippen LogP contribution < -0.4 is 16.1 Å². The number of aromatic amines is 1. The molecule has 0 aliphatic carbocycles. The Morgan fingerprint density at radius 3 is 2.42 bits per heavy atom. The van der Waals surface area contributed by atoms with Crippen LogP contribution in [0.5, 0.6) is 0 Å². The van der Waals surface area contributed by atoms with Gasteiger partial charge in [-0.15, -0.1) is 0 Å². The molecule has 1 aromatic heterocycles. The number of benzene rings is 1. The van der Waals surface area contributed by atoms with Crippen molar-refractivity contribution in [1.29, 1.82) is 0 Å². The van der Waals surface area contributed by atoms with Crippen LogP contribution in [0.3, 0.4) is 0 Å². The van der Waals surface area contributed by atoms with Crippen molar-refractivity contribution >= 4 is 28.9 Å². The Kier molecular flexibility index (Phi) is 6.40. The Morgan fingerprint density at radius 1 is 0.962 bits per heavy atom. The molecule has 6 nitrogen and oxygen atoms in total. The van der Waals surface area contributed by atoms with Gasteiger partial charge in [0.1, 0.15) is 0 Å². The summed E-state index contributed by atoms with van der Waals surface area (Å²) in [5, 5.41) is 1.21. The van der Waals surface area contributed by atoms with E-state index in [0.29, 0.717) is 16.6 Å². The molecular weight excluding hydrogens is 375 g/mol. The van der Waals surface area contributed by atoms with Crippen LogP contribution in [0.4, 0.5) is 5.69 Å². The van der Waals surface area contributed by atoms with Crippen molar-refractivity contribution in [2.45, 2.75) is 19.4 Å². The molecule has 3 rings (SSSR count). The Balaban J connectivity index is 1.42. The summed E-state index contributed by atoms with van der Waals surface area (Å²) in [6.07, 6.45) is 3.45. The van der Waals surface area contributed by atoms with Crippen molar-refractivity contribution in [2.24, 2.45) is 0 Å². The highest BCUT2D eigenvalue weighted by Gasteiger charge is 2.19. The molecule has 2 aromatic rings. The van der Waals surface area contributed by atoms with E-state index in [-0.39, 0.29) is 11.2 Å². The average Bonchev–Trinajstić information content (AvgIpc) is 2.63. The lowest BCUT2D eigenvalue weighted by Gasteiger charge is -2.36. The van der Waals surface area contributed by atoms with Crippen LogP contribution in [0.2, 0.25) is 10.0 Å². The van der Waals surface area contributed by atoms with E-state index in [4.69, 9.17) is 23.2 Å². The SMILES string of the molecule is O=c1ccn(CCCCN2CCN(c3cccc(Cl)c3Cl)CC2)c(=O)[nH]1. The molecule has 1 saturated heterocycles. The number of nitrogens with zero attached hydrogens (tertiary/aromatic N) is 3. The third-order valence-corrected chi connectivity index (χ3v) is 5.47. The molecule has 0 bridgehead atoms. The van der Waals surface area contributed by atoms with Crippen molar-refractivity contribution < 1.29 is 0 Å². The van der Waals surface area contributed by atoms with Gasteiger partial charge in [-0.3, -0.25) is 14.7 Å². The molecule has 1 fully saturated rings. The summed E-state index contributed by atoms with van der Waals surface area (Å²) < 4.78 is 1.54. The molecule has 0 atom stereocenters. The highest BCUT2D eigenvalue weighted by atomic mass is 35.5. The van der Waals surface area contributed by atoms with E-state index < -0.39 is 0 Å². The quantitative estimate of drug-likeness (QED) is 0.761. The molecule has 1 aromatic carbocycles. The molecule has 0 amide bonds.